The predicted octanol–water partition coefficient (Wildman–Crippen LogP) is 2.70. The number of nitrogens with zero attached hydrogens (tertiary/aromatic N) is 1. The van der Waals surface area contributed by atoms with Crippen molar-refractivity contribution in [2.45, 2.75) is 31.4 Å². The van der Waals surface area contributed by atoms with Crippen molar-refractivity contribution in [3.63, 3.8) is 0 Å². The van der Waals surface area contributed by atoms with Crippen molar-refractivity contribution >= 4 is 29.0 Å². The van der Waals surface area contributed by atoms with Gasteiger partial charge in [0.1, 0.15) is 0 Å². The highest BCUT2D eigenvalue weighted by Crippen LogP contribution is 2.25. The number of aliphatic hydroxyl groups excluding tert-OH is 1. The minimum Gasteiger partial charge on any atom is -0.398 e. The summed E-state index contributed by atoms with van der Waals surface area (Å²) in [7, 11) is 0. The van der Waals surface area contributed by atoms with Crippen LogP contribution in [0, 0.1) is 0 Å². The van der Waals surface area contributed by atoms with E-state index in [9.17, 15) is 14.7 Å². The van der Waals surface area contributed by atoms with Gasteiger partial charge in [0.15, 0.2) is 5.78 Å². The van der Waals surface area contributed by atoms with E-state index in [2.05, 4.69) is 0 Å². The zero-order valence-corrected chi connectivity index (χ0v) is 15.0. The molecule has 1 fully saturated rings. The van der Waals surface area contributed by atoms with Gasteiger partial charge in [0.05, 0.1) is 17.7 Å². The molecule has 0 bridgehead atoms. The predicted molar refractivity (Wildman–Crippen MR) is 101 cm³/mol. The molecule has 26 heavy (non-hydrogen) atoms. The van der Waals surface area contributed by atoms with Crippen LogP contribution in [0.1, 0.15) is 28.8 Å². The number of hydrogen-bond donors (Lipinski definition) is 2. The van der Waals surface area contributed by atoms with Crippen molar-refractivity contribution in [1.82, 2.24) is 4.90 Å². The zero-order valence-electron chi connectivity index (χ0n) is 14.3. The summed E-state index contributed by atoms with van der Waals surface area (Å²) in [6, 6.07) is 13.5. The van der Waals surface area contributed by atoms with Crippen molar-refractivity contribution in [3.8, 4) is 0 Å². The number of β-amino-alcohol motifs (C(OH)–C–C–N with tert-alkyl or cyclic N) is 1. The fourth-order valence-corrected chi connectivity index (χ4v) is 3.40. The van der Waals surface area contributed by atoms with E-state index in [0.717, 1.165) is 5.56 Å². The molecular formula is C20H21ClN2O3. The number of hydrogen-bond acceptors (Lipinski definition) is 4. The Morgan fingerprint density at radius 1 is 1.15 bits per heavy atom. The number of nitrogens with two attached hydrogens (primary N) is 1. The van der Waals surface area contributed by atoms with Crippen LogP contribution in [0.15, 0.2) is 48.5 Å². The Labute approximate surface area is 157 Å². The number of rotatable bonds is 5. The first-order valence-corrected chi connectivity index (χ1v) is 8.94. The number of halogens is 1. The number of carbonyl (C=O) groups is 2. The molecule has 2 aromatic carbocycles. The number of aryl methyl sites for hydroxylation is 1. The monoisotopic (exact) mass is 372 g/mol. The number of carbonyl (C=O) groups excluding carboxylic acids is 2. The van der Waals surface area contributed by atoms with E-state index >= 15 is 0 Å². The highest BCUT2D eigenvalue weighted by Gasteiger charge is 2.39. The summed E-state index contributed by atoms with van der Waals surface area (Å²) in [4.78, 5) is 27.0. The van der Waals surface area contributed by atoms with Gasteiger partial charge in [-0.25, -0.2) is 0 Å². The van der Waals surface area contributed by atoms with Crippen LogP contribution in [0.5, 0.6) is 0 Å². The molecule has 1 saturated heterocycles. The van der Waals surface area contributed by atoms with Gasteiger partial charge in [0.2, 0.25) is 0 Å². The molecule has 1 aliphatic rings. The van der Waals surface area contributed by atoms with Crippen molar-refractivity contribution in [2.75, 3.05) is 12.3 Å². The molecule has 5 nitrogen and oxygen atoms in total. The lowest BCUT2D eigenvalue weighted by Crippen LogP contribution is -2.41. The summed E-state index contributed by atoms with van der Waals surface area (Å²) in [5.74, 6) is -0.371. The molecule has 2 atom stereocenters. The second-order valence-corrected chi connectivity index (χ2v) is 6.98. The lowest BCUT2D eigenvalue weighted by atomic mass is 10.0. The minimum absolute atomic E-state index is 0.0562. The molecule has 1 heterocycles. The van der Waals surface area contributed by atoms with Gasteiger partial charge in [-0.2, -0.15) is 0 Å². The molecule has 0 unspecified atom stereocenters. The molecule has 0 aliphatic carbocycles. The van der Waals surface area contributed by atoms with Crippen LogP contribution >= 0.6 is 11.6 Å². The summed E-state index contributed by atoms with van der Waals surface area (Å²) >= 11 is 5.87. The third-order valence-corrected chi connectivity index (χ3v) is 4.93. The maximum atomic E-state index is 12.8. The molecule has 0 saturated carbocycles. The number of Topliss-reactive ketones (excluding diaryl/α,β-unsaturated/α-hetero) is 1. The molecule has 0 aromatic heterocycles. The van der Waals surface area contributed by atoms with Crippen LogP contribution in [0.3, 0.4) is 0 Å². The summed E-state index contributed by atoms with van der Waals surface area (Å²) in [5, 5.41) is 10.7. The molecule has 3 N–H and O–H groups in total. The van der Waals surface area contributed by atoms with Gasteiger partial charge in [0.25, 0.3) is 5.91 Å². The van der Waals surface area contributed by atoms with Crippen LogP contribution in [0.2, 0.25) is 5.02 Å². The first-order chi connectivity index (χ1) is 12.5. The molecule has 136 valence electrons. The summed E-state index contributed by atoms with van der Waals surface area (Å²) in [6.45, 7) is 0.143. The Balaban J connectivity index is 1.70. The summed E-state index contributed by atoms with van der Waals surface area (Å²) in [5.41, 5.74) is 7.62. The Morgan fingerprint density at radius 2 is 1.85 bits per heavy atom. The Hall–Kier alpha value is -2.37. The number of ketones is 1. The lowest BCUT2D eigenvalue weighted by Gasteiger charge is -2.24. The molecule has 0 radical (unpaired) electrons. The van der Waals surface area contributed by atoms with Crippen molar-refractivity contribution in [3.05, 3.63) is 64.7 Å². The van der Waals surface area contributed by atoms with E-state index in [1.54, 1.807) is 36.4 Å². The molecule has 1 amide bonds. The van der Waals surface area contributed by atoms with E-state index < -0.39 is 12.1 Å². The first kappa shape index (κ1) is 18.4. The largest absolute Gasteiger partial charge is 0.398 e. The second-order valence-electron chi connectivity index (χ2n) is 6.54. The van der Waals surface area contributed by atoms with Crippen molar-refractivity contribution in [2.24, 2.45) is 0 Å². The van der Waals surface area contributed by atoms with Crippen molar-refractivity contribution < 1.29 is 14.7 Å². The SMILES string of the molecule is Nc1ccccc1C(=O)N1C[C@H](O)C[C@H]1C(=O)CCc1ccc(Cl)cc1. The first-order valence-electron chi connectivity index (χ1n) is 8.56. The van der Waals surface area contributed by atoms with Crippen LogP contribution in [0.25, 0.3) is 0 Å². The smallest absolute Gasteiger partial charge is 0.256 e. The number of amides is 1. The van der Waals surface area contributed by atoms with Gasteiger partial charge in [-0.05, 0) is 36.2 Å². The van der Waals surface area contributed by atoms with Gasteiger partial charge in [-0.3, -0.25) is 9.59 Å². The number of nitrogen functional groups attached to an aromatic ring is 1. The fourth-order valence-electron chi connectivity index (χ4n) is 3.28. The molecular weight excluding hydrogens is 352 g/mol. The third kappa shape index (κ3) is 4.06. The molecule has 0 spiro atoms. The van der Waals surface area contributed by atoms with E-state index in [-0.39, 0.29) is 24.7 Å². The van der Waals surface area contributed by atoms with Crippen LogP contribution < -0.4 is 5.73 Å². The zero-order chi connectivity index (χ0) is 18.7. The Morgan fingerprint density at radius 3 is 2.54 bits per heavy atom. The van der Waals surface area contributed by atoms with Gasteiger partial charge in [-0.15, -0.1) is 0 Å². The Kier molecular flexibility index (Phi) is 5.59. The number of likely N-dealkylation sites (tertiary alicyclic amines) is 1. The highest BCUT2D eigenvalue weighted by molar-refractivity contribution is 6.30. The van der Waals surface area contributed by atoms with Gasteiger partial charge >= 0.3 is 0 Å². The van der Waals surface area contributed by atoms with E-state index in [1.165, 1.54) is 4.90 Å². The van der Waals surface area contributed by atoms with Gasteiger partial charge in [0, 0.05) is 30.1 Å². The number of benzene rings is 2. The molecule has 1 aliphatic heterocycles. The fraction of sp³-hybridized carbons (Fsp3) is 0.300. The van der Waals surface area contributed by atoms with Crippen LogP contribution in [-0.4, -0.2) is 40.4 Å². The highest BCUT2D eigenvalue weighted by atomic mass is 35.5. The average molecular weight is 373 g/mol. The summed E-state index contributed by atoms with van der Waals surface area (Å²) in [6.07, 6.45) is 0.427. The molecule has 3 rings (SSSR count). The number of aliphatic hydroxyl groups is 1. The van der Waals surface area contributed by atoms with E-state index in [4.69, 9.17) is 17.3 Å². The molecule has 6 heteroatoms. The van der Waals surface area contributed by atoms with E-state index in [1.807, 2.05) is 12.1 Å². The standard InChI is InChI=1S/C20H21ClN2O3/c21-14-8-5-13(6-9-14)7-10-19(25)18-11-15(24)12-23(18)20(26)16-3-1-2-4-17(16)22/h1-6,8-9,15,18,24H,7,10-12,22H2/t15-,18+/m1/s1. The van der Waals surface area contributed by atoms with E-state index in [0.29, 0.717) is 29.1 Å². The normalized spacial score (nSPS) is 19.5. The molecule has 2 aromatic rings. The lowest BCUT2D eigenvalue weighted by molar-refractivity contribution is -0.122. The van der Waals surface area contributed by atoms with Crippen molar-refractivity contribution in [1.29, 1.82) is 0 Å². The number of para-hydroxylation sites is 1. The summed E-state index contributed by atoms with van der Waals surface area (Å²) < 4.78 is 0. The van der Waals surface area contributed by atoms with Crippen LogP contribution in [-0.2, 0) is 11.2 Å². The second kappa shape index (κ2) is 7.89. The maximum Gasteiger partial charge on any atom is 0.256 e. The average Bonchev–Trinajstić information content (AvgIpc) is 3.03. The third-order valence-electron chi connectivity index (χ3n) is 4.68. The number of anilines is 1. The van der Waals surface area contributed by atoms with Gasteiger partial charge < -0.3 is 15.7 Å². The van der Waals surface area contributed by atoms with Gasteiger partial charge in [-0.1, -0.05) is 35.9 Å². The Bertz CT molecular complexity index is 807. The quantitative estimate of drug-likeness (QED) is 0.790. The maximum absolute atomic E-state index is 12.8. The van der Waals surface area contributed by atoms with Crippen LogP contribution in [0.4, 0.5) is 5.69 Å². The topological polar surface area (TPSA) is 83.6 Å². The minimum atomic E-state index is -0.701.